The van der Waals surface area contributed by atoms with E-state index >= 15 is 0 Å². The minimum absolute atomic E-state index is 0.0826. The van der Waals surface area contributed by atoms with Gasteiger partial charge in [0.2, 0.25) is 5.91 Å². The lowest BCUT2D eigenvalue weighted by Gasteiger charge is -2.11. The van der Waals surface area contributed by atoms with Crippen LogP contribution in [0.15, 0.2) is 29.2 Å². The van der Waals surface area contributed by atoms with Gasteiger partial charge < -0.3 is 10.1 Å². The first-order valence-corrected chi connectivity index (χ1v) is 11.7. The van der Waals surface area contributed by atoms with Gasteiger partial charge in [-0.15, -0.1) is 23.1 Å². The molecule has 1 N–H and O–H groups in total. The van der Waals surface area contributed by atoms with E-state index in [1.165, 1.54) is 36.2 Å². The number of hydrogen-bond acceptors (Lipinski definition) is 5. The molecule has 0 saturated carbocycles. The molecule has 0 spiro atoms. The third-order valence-electron chi connectivity index (χ3n) is 4.73. The van der Waals surface area contributed by atoms with Crippen molar-refractivity contribution in [2.75, 3.05) is 18.2 Å². The topological polar surface area (TPSA) is 55.4 Å². The fourth-order valence-electron chi connectivity index (χ4n) is 3.31. The highest BCUT2D eigenvalue weighted by Gasteiger charge is 2.25. The number of thiophene rings is 1. The molecule has 0 unspecified atom stereocenters. The molecule has 2 aromatic rings. The Morgan fingerprint density at radius 1 is 1.14 bits per heavy atom. The SMILES string of the molecule is COC(=O)c1c(NC(=O)CCSc2ccc(Cl)cc2)sc2c1CCCCCC2. The van der Waals surface area contributed by atoms with Crippen LogP contribution in [-0.4, -0.2) is 24.7 Å². The van der Waals surface area contributed by atoms with Crippen molar-refractivity contribution in [2.24, 2.45) is 0 Å². The number of benzene rings is 1. The number of methoxy groups -OCH3 is 1. The van der Waals surface area contributed by atoms with Crippen molar-refractivity contribution >= 4 is 51.6 Å². The van der Waals surface area contributed by atoms with Gasteiger partial charge in [-0.25, -0.2) is 4.79 Å². The van der Waals surface area contributed by atoms with Gasteiger partial charge >= 0.3 is 5.97 Å². The lowest BCUT2D eigenvalue weighted by molar-refractivity contribution is -0.115. The Labute approximate surface area is 179 Å². The molecule has 7 heteroatoms. The van der Waals surface area contributed by atoms with Crippen LogP contribution in [0.5, 0.6) is 0 Å². The molecule has 4 nitrogen and oxygen atoms in total. The second-order valence-electron chi connectivity index (χ2n) is 6.71. The lowest BCUT2D eigenvalue weighted by Crippen LogP contribution is -2.15. The minimum atomic E-state index is -0.357. The summed E-state index contributed by atoms with van der Waals surface area (Å²) in [6.07, 6.45) is 6.80. The third kappa shape index (κ3) is 5.52. The highest BCUT2D eigenvalue weighted by Crippen LogP contribution is 2.37. The predicted molar refractivity (Wildman–Crippen MR) is 117 cm³/mol. The first-order chi connectivity index (χ1) is 13.6. The molecule has 0 saturated heterocycles. The zero-order valence-electron chi connectivity index (χ0n) is 15.9. The molecule has 0 aliphatic heterocycles. The quantitative estimate of drug-likeness (QED) is 0.447. The molecule has 150 valence electrons. The average molecular weight is 438 g/mol. The van der Waals surface area contributed by atoms with Crippen molar-refractivity contribution < 1.29 is 14.3 Å². The fourth-order valence-corrected chi connectivity index (χ4v) is 5.58. The molecule has 1 aromatic heterocycles. The summed E-state index contributed by atoms with van der Waals surface area (Å²) in [5.74, 6) is 0.219. The summed E-state index contributed by atoms with van der Waals surface area (Å²) in [4.78, 5) is 27.2. The standard InChI is InChI=1S/C21H24ClNO3S2/c1-26-21(25)19-16-6-4-2-3-5-7-17(16)28-20(19)23-18(24)12-13-27-15-10-8-14(22)9-11-15/h8-11H,2-7,12-13H2,1H3,(H,23,24). The van der Waals surface area contributed by atoms with E-state index in [0.717, 1.165) is 36.1 Å². The number of ether oxygens (including phenoxy) is 1. The molecule has 1 aliphatic rings. The number of rotatable bonds is 6. The van der Waals surface area contributed by atoms with Crippen molar-refractivity contribution in [3.8, 4) is 0 Å². The zero-order chi connectivity index (χ0) is 19.9. The number of nitrogens with one attached hydrogen (secondary N) is 1. The number of halogens is 1. The van der Waals surface area contributed by atoms with Gasteiger partial charge in [-0.3, -0.25) is 4.79 Å². The van der Waals surface area contributed by atoms with Crippen molar-refractivity contribution in [1.29, 1.82) is 0 Å². The molecule has 0 atom stereocenters. The van der Waals surface area contributed by atoms with E-state index in [-0.39, 0.29) is 11.9 Å². The largest absolute Gasteiger partial charge is 0.465 e. The van der Waals surface area contributed by atoms with Crippen LogP contribution < -0.4 is 5.32 Å². The summed E-state index contributed by atoms with van der Waals surface area (Å²) >= 11 is 9.03. The van der Waals surface area contributed by atoms with Gasteiger partial charge in [0.15, 0.2) is 0 Å². The van der Waals surface area contributed by atoms with Crippen LogP contribution in [0.2, 0.25) is 5.02 Å². The summed E-state index contributed by atoms with van der Waals surface area (Å²) in [6, 6.07) is 7.57. The summed E-state index contributed by atoms with van der Waals surface area (Å²) in [5, 5.41) is 4.30. The summed E-state index contributed by atoms with van der Waals surface area (Å²) in [7, 11) is 1.39. The van der Waals surface area contributed by atoms with E-state index < -0.39 is 0 Å². The number of hydrogen-bond donors (Lipinski definition) is 1. The predicted octanol–water partition coefficient (Wildman–Crippen LogP) is 5.97. The second kappa shape index (κ2) is 10.3. The van der Waals surface area contributed by atoms with Crippen molar-refractivity contribution in [3.05, 3.63) is 45.3 Å². The smallest absolute Gasteiger partial charge is 0.341 e. The number of carbonyl (C=O) groups is 2. The van der Waals surface area contributed by atoms with Gasteiger partial charge in [-0.2, -0.15) is 0 Å². The van der Waals surface area contributed by atoms with Crippen molar-refractivity contribution in [1.82, 2.24) is 0 Å². The molecule has 1 amide bonds. The maximum atomic E-state index is 12.5. The van der Waals surface area contributed by atoms with Crippen LogP contribution in [0.3, 0.4) is 0 Å². The van der Waals surface area contributed by atoms with E-state index in [9.17, 15) is 9.59 Å². The highest BCUT2D eigenvalue weighted by molar-refractivity contribution is 7.99. The second-order valence-corrected chi connectivity index (χ2v) is 9.42. The number of carbonyl (C=O) groups excluding carboxylic acids is 2. The zero-order valence-corrected chi connectivity index (χ0v) is 18.3. The monoisotopic (exact) mass is 437 g/mol. The number of esters is 1. The molecular formula is C21H24ClNO3S2. The van der Waals surface area contributed by atoms with Gasteiger partial charge in [0.1, 0.15) is 5.00 Å². The maximum Gasteiger partial charge on any atom is 0.341 e. The average Bonchev–Trinajstić information content (AvgIpc) is 2.98. The molecule has 0 bridgehead atoms. The van der Waals surface area contributed by atoms with Gasteiger partial charge in [-0.05, 0) is 55.5 Å². The Morgan fingerprint density at radius 2 is 1.86 bits per heavy atom. The number of fused-ring (bicyclic) bond motifs is 1. The van der Waals surface area contributed by atoms with E-state index in [1.54, 1.807) is 11.8 Å². The van der Waals surface area contributed by atoms with Crippen LogP contribution >= 0.6 is 34.7 Å². The number of amides is 1. The number of anilines is 1. The molecule has 0 radical (unpaired) electrons. The van der Waals surface area contributed by atoms with Gasteiger partial charge in [-0.1, -0.05) is 24.4 Å². The molecule has 1 aliphatic carbocycles. The van der Waals surface area contributed by atoms with E-state index in [1.807, 2.05) is 24.3 Å². The van der Waals surface area contributed by atoms with E-state index in [4.69, 9.17) is 16.3 Å². The molecule has 28 heavy (non-hydrogen) atoms. The lowest BCUT2D eigenvalue weighted by atomic mass is 9.96. The maximum absolute atomic E-state index is 12.5. The summed E-state index contributed by atoms with van der Waals surface area (Å²) in [6.45, 7) is 0. The van der Waals surface area contributed by atoms with Gasteiger partial charge in [0.25, 0.3) is 0 Å². The minimum Gasteiger partial charge on any atom is -0.465 e. The normalized spacial score (nSPS) is 13.9. The van der Waals surface area contributed by atoms with Crippen LogP contribution in [0.4, 0.5) is 5.00 Å². The third-order valence-corrected chi connectivity index (χ3v) is 7.20. The van der Waals surface area contributed by atoms with Crippen LogP contribution in [0.1, 0.15) is 52.9 Å². The first kappa shape index (κ1) is 21.2. The van der Waals surface area contributed by atoms with Crippen LogP contribution in [0.25, 0.3) is 0 Å². The molecule has 3 rings (SSSR count). The Morgan fingerprint density at radius 3 is 2.57 bits per heavy atom. The summed E-state index contributed by atoms with van der Waals surface area (Å²) in [5.41, 5.74) is 1.63. The highest BCUT2D eigenvalue weighted by atomic mass is 35.5. The molecule has 1 heterocycles. The Hall–Kier alpha value is -1.50. The molecule has 0 fully saturated rings. The first-order valence-electron chi connectivity index (χ1n) is 9.49. The van der Waals surface area contributed by atoms with Crippen LogP contribution in [-0.2, 0) is 22.4 Å². The van der Waals surface area contributed by atoms with Crippen molar-refractivity contribution in [3.63, 3.8) is 0 Å². The van der Waals surface area contributed by atoms with Gasteiger partial charge in [0, 0.05) is 27.0 Å². The van der Waals surface area contributed by atoms with Crippen molar-refractivity contribution in [2.45, 2.75) is 49.8 Å². The fraction of sp³-hybridized carbons (Fsp3) is 0.429. The molecule has 1 aromatic carbocycles. The Bertz CT molecular complexity index is 833. The van der Waals surface area contributed by atoms with Crippen LogP contribution in [0, 0.1) is 0 Å². The number of aryl methyl sites for hydroxylation is 1. The summed E-state index contributed by atoms with van der Waals surface area (Å²) < 4.78 is 5.01. The van der Waals surface area contributed by atoms with E-state index in [0.29, 0.717) is 27.8 Å². The molecular weight excluding hydrogens is 414 g/mol. The number of thioether (sulfide) groups is 1. The van der Waals surface area contributed by atoms with Gasteiger partial charge in [0.05, 0.1) is 12.7 Å². The Kier molecular flexibility index (Phi) is 7.82. The Balaban J connectivity index is 1.66. The van der Waals surface area contributed by atoms with E-state index in [2.05, 4.69) is 5.32 Å².